The highest BCUT2D eigenvalue weighted by atomic mass is 32.1. The summed E-state index contributed by atoms with van der Waals surface area (Å²) >= 11 is 6.72. The first-order valence-electron chi connectivity index (χ1n) is 4.63. The Morgan fingerprint density at radius 3 is 3.00 bits per heavy atom. The number of ether oxygens (including phenoxy) is 1. The molecule has 0 atom stereocenters. The number of aromatic nitrogens is 1. The minimum absolute atomic E-state index is 0.653. The Labute approximate surface area is 99.1 Å². The van der Waals surface area contributed by atoms with E-state index in [2.05, 4.69) is 15.6 Å². The first-order valence-corrected chi connectivity index (χ1v) is 5.92. The summed E-state index contributed by atoms with van der Waals surface area (Å²) < 4.78 is 4.90. The number of rotatable bonds is 5. The molecule has 1 aromatic rings. The minimum Gasteiger partial charge on any atom is -0.383 e. The molecule has 0 unspecified atom stereocenters. The van der Waals surface area contributed by atoms with E-state index in [4.69, 9.17) is 17.0 Å². The van der Waals surface area contributed by atoms with Crippen LogP contribution >= 0.6 is 23.6 Å². The number of thiazole rings is 1. The third kappa shape index (κ3) is 4.55. The Morgan fingerprint density at radius 1 is 1.60 bits per heavy atom. The van der Waals surface area contributed by atoms with E-state index < -0.39 is 0 Å². The van der Waals surface area contributed by atoms with Gasteiger partial charge in [0.2, 0.25) is 0 Å². The molecule has 0 saturated carbocycles. The summed E-state index contributed by atoms with van der Waals surface area (Å²) in [6.45, 7) is 4.11. The quantitative estimate of drug-likeness (QED) is 0.600. The molecule has 0 bridgehead atoms. The molecule has 0 aromatic carbocycles. The molecule has 1 aromatic heterocycles. The molecule has 0 aliphatic carbocycles. The predicted octanol–water partition coefficient (Wildman–Crippen LogP) is 1.06. The molecule has 0 aliphatic rings. The molecule has 0 fully saturated rings. The summed E-state index contributed by atoms with van der Waals surface area (Å²) in [7, 11) is 1.67. The predicted molar refractivity (Wildman–Crippen MR) is 66.2 cm³/mol. The van der Waals surface area contributed by atoms with Gasteiger partial charge in [-0.1, -0.05) is 0 Å². The molecule has 1 rings (SSSR count). The zero-order chi connectivity index (χ0) is 11.1. The molecule has 6 heteroatoms. The summed E-state index contributed by atoms with van der Waals surface area (Å²) in [6.07, 6.45) is 0. The van der Waals surface area contributed by atoms with Crippen LogP contribution in [0.3, 0.4) is 0 Å². The van der Waals surface area contributed by atoms with Gasteiger partial charge in [-0.3, -0.25) is 0 Å². The van der Waals surface area contributed by atoms with Gasteiger partial charge < -0.3 is 15.4 Å². The maximum absolute atomic E-state index is 5.09. The van der Waals surface area contributed by atoms with Crippen LogP contribution < -0.4 is 10.6 Å². The summed E-state index contributed by atoms with van der Waals surface area (Å²) in [4.78, 5) is 5.38. The lowest BCUT2D eigenvalue weighted by molar-refractivity contribution is 0.204. The number of methoxy groups -OCH3 is 1. The van der Waals surface area contributed by atoms with Gasteiger partial charge in [-0.25, -0.2) is 4.98 Å². The van der Waals surface area contributed by atoms with E-state index in [-0.39, 0.29) is 0 Å². The highest BCUT2D eigenvalue weighted by Gasteiger charge is 2.01. The van der Waals surface area contributed by atoms with Crippen molar-refractivity contribution in [3.63, 3.8) is 0 Å². The number of hydrogen-bond acceptors (Lipinski definition) is 4. The Kier molecular flexibility index (Phi) is 5.52. The van der Waals surface area contributed by atoms with E-state index >= 15 is 0 Å². The topological polar surface area (TPSA) is 46.2 Å². The Morgan fingerprint density at radius 2 is 2.40 bits per heavy atom. The van der Waals surface area contributed by atoms with Crippen LogP contribution in [0.4, 0.5) is 0 Å². The van der Waals surface area contributed by atoms with Crippen molar-refractivity contribution in [2.24, 2.45) is 0 Å². The van der Waals surface area contributed by atoms with E-state index in [9.17, 15) is 0 Å². The van der Waals surface area contributed by atoms with E-state index in [1.807, 2.05) is 12.4 Å². The first kappa shape index (κ1) is 12.4. The van der Waals surface area contributed by atoms with Crippen molar-refractivity contribution in [3.8, 4) is 0 Å². The zero-order valence-electron chi connectivity index (χ0n) is 8.87. The molecule has 0 radical (unpaired) electrons. The van der Waals surface area contributed by atoms with Crippen LogP contribution in [0.2, 0.25) is 0 Å². The van der Waals surface area contributed by atoms with Crippen LogP contribution in [-0.4, -0.2) is 30.4 Å². The highest BCUT2D eigenvalue weighted by Crippen LogP contribution is 2.10. The van der Waals surface area contributed by atoms with Crippen LogP contribution in [0.1, 0.15) is 10.6 Å². The van der Waals surface area contributed by atoms with Crippen molar-refractivity contribution in [2.45, 2.75) is 13.5 Å². The van der Waals surface area contributed by atoms with Gasteiger partial charge in [0.05, 0.1) is 24.4 Å². The van der Waals surface area contributed by atoms with E-state index in [0.717, 1.165) is 18.8 Å². The number of aryl methyl sites for hydroxylation is 1. The maximum Gasteiger partial charge on any atom is 0.166 e. The Bertz CT molecular complexity index is 314. The monoisotopic (exact) mass is 245 g/mol. The van der Waals surface area contributed by atoms with Crippen molar-refractivity contribution < 1.29 is 4.74 Å². The van der Waals surface area contributed by atoms with Gasteiger partial charge in [-0.15, -0.1) is 11.3 Å². The van der Waals surface area contributed by atoms with Crippen molar-refractivity contribution in [2.75, 3.05) is 20.3 Å². The summed E-state index contributed by atoms with van der Waals surface area (Å²) in [5, 5.41) is 6.82. The zero-order valence-corrected chi connectivity index (χ0v) is 10.5. The molecule has 4 nitrogen and oxygen atoms in total. The average Bonchev–Trinajstić information content (AvgIpc) is 2.61. The lowest BCUT2D eigenvalue weighted by atomic mass is 10.4. The van der Waals surface area contributed by atoms with Gasteiger partial charge >= 0.3 is 0 Å². The molecule has 0 spiro atoms. The van der Waals surface area contributed by atoms with Crippen molar-refractivity contribution >= 4 is 28.7 Å². The Balaban J connectivity index is 2.20. The molecular formula is C9H15N3OS2. The summed E-state index contributed by atoms with van der Waals surface area (Å²) in [5.41, 5.74) is 2.90. The fourth-order valence-corrected chi connectivity index (χ4v) is 1.88. The van der Waals surface area contributed by atoms with Gasteiger partial charge in [0, 0.05) is 18.5 Å². The van der Waals surface area contributed by atoms with Crippen LogP contribution in [0.15, 0.2) is 5.51 Å². The molecule has 1 heterocycles. The average molecular weight is 245 g/mol. The van der Waals surface area contributed by atoms with Gasteiger partial charge in [-0.05, 0) is 19.1 Å². The SMILES string of the molecule is COCCNC(=S)NCc1scnc1C. The van der Waals surface area contributed by atoms with E-state index in [1.54, 1.807) is 18.4 Å². The number of thiocarbonyl (C=S) groups is 1. The van der Waals surface area contributed by atoms with Gasteiger partial charge in [0.15, 0.2) is 5.11 Å². The molecule has 84 valence electrons. The van der Waals surface area contributed by atoms with Crippen LogP contribution in [0.5, 0.6) is 0 Å². The molecule has 2 N–H and O–H groups in total. The van der Waals surface area contributed by atoms with Crippen LogP contribution in [-0.2, 0) is 11.3 Å². The number of nitrogens with zero attached hydrogens (tertiary/aromatic N) is 1. The lowest BCUT2D eigenvalue weighted by Crippen LogP contribution is -2.36. The molecular weight excluding hydrogens is 230 g/mol. The fraction of sp³-hybridized carbons (Fsp3) is 0.556. The number of nitrogens with one attached hydrogen (secondary N) is 2. The highest BCUT2D eigenvalue weighted by molar-refractivity contribution is 7.80. The summed E-state index contributed by atoms with van der Waals surface area (Å²) in [6, 6.07) is 0. The van der Waals surface area contributed by atoms with Gasteiger partial charge in [-0.2, -0.15) is 0 Å². The normalized spacial score (nSPS) is 10.0. The van der Waals surface area contributed by atoms with Crippen molar-refractivity contribution in [1.29, 1.82) is 0 Å². The van der Waals surface area contributed by atoms with E-state index in [0.29, 0.717) is 11.7 Å². The van der Waals surface area contributed by atoms with Crippen LogP contribution in [0.25, 0.3) is 0 Å². The molecule has 0 saturated heterocycles. The first-order chi connectivity index (χ1) is 7.24. The fourth-order valence-electron chi connectivity index (χ4n) is 0.986. The molecule has 0 aliphatic heterocycles. The smallest absolute Gasteiger partial charge is 0.166 e. The second-order valence-corrected chi connectivity index (χ2v) is 4.31. The Hall–Kier alpha value is -0.720. The second kappa shape index (κ2) is 6.71. The van der Waals surface area contributed by atoms with Crippen LogP contribution in [0, 0.1) is 6.92 Å². The van der Waals surface area contributed by atoms with Crippen molar-refractivity contribution in [3.05, 3.63) is 16.1 Å². The van der Waals surface area contributed by atoms with E-state index in [1.165, 1.54) is 4.88 Å². The standard InChI is InChI=1S/C9H15N3OS2/c1-7-8(15-6-12-7)5-11-9(14)10-3-4-13-2/h6H,3-5H2,1-2H3,(H2,10,11,14). The third-order valence-electron chi connectivity index (χ3n) is 1.85. The number of hydrogen-bond donors (Lipinski definition) is 2. The summed E-state index contributed by atoms with van der Waals surface area (Å²) in [5.74, 6) is 0. The second-order valence-electron chi connectivity index (χ2n) is 2.96. The minimum atomic E-state index is 0.653. The third-order valence-corrected chi connectivity index (χ3v) is 3.07. The lowest BCUT2D eigenvalue weighted by Gasteiger charge is -2.09. The van der Waals surface area contributed by atoms with Crippen molar-refractivity contribution in [1.82, 2.24) is 15.6 Å². The van der Waals surface area contributed by atoms with Gasteiger partial charge in [0.1, 0.15) is 0 Å². The molecule has 15 heavy (non-hydrogen) atoms. The van der Waals surface area contributed by atoms with Gasteiger partial charge in [0.25, 0.3) is 0 Å². The largest absolute Gasteiger partial charge is 0.383 e. The molecule has 0 amide bonds. The maximum atomic E-state index is 5.09.